The molecule has 0 bridgehead atoms. The molecule has 2 aromatic rings. The van der Waals surface area contributed by atoms with Crippen molar-refractivity contribution in [3.8, 4) is 0 Å². The van der Waals surface area contributed by atoms with Crippen LogP contribution in [0.4, 0.5) is 4.39 Å². The molecular weight excluding hydrogens is 257 g/mol. The van der Waals surface area contributed by atoms with Crippen LogP contribution in [0, 0.1) is 5.82 Å². The molecule has 0 N–H and O–H groups in total. The number of unbranched alkanes of at least 4 members (excludes halogenated alkanes) is 1. The lowest BCUT2D eigenvalue weighted by Gasteiger charge is -2.16. The molecule has 3 nitrogen and oxygen atoms in total. The van der Waals surface area contributed by atoms with Gasteiger partial charge in [0.25, 0.3) is 0 Å². The van der Waals surface area contributed by atoms with Gasteiger partial charge in [0.05, 0.1) is 9.52 Å². The van der Waals surface area contributed by atoms with Gasteiger partial charge in [-0.25, -0.2) is 9.37 Å². The summed E-state index contributed by atoms with van der Waals surface area (Å²) in [5.41, 5.74) is 1.88. The third-order valence-corrected chi connectivity index (χ3v) is 5.71. The molecule has 2 rings (SSSR count). The molecule has 0 saturated carbocycles. The van der Waals surface area contributed by atoms with Crippen LogP contribution in [0.5, 0.6) is 0 Å². The maximum Gasteiger partial charge on any atom is 0.137 e. The standard InChI is InChI=1S/C14H20FN3Si/c1-2-3-4-14(12-5-7-13(15)8-6-12)19-11-18-10-16-9-17-18/h5-10,14H,2-4,11,19H2,1H3. The molecule has 0 aliphatic rings. The number of aromatic nitrogens is 3. The molecule has 5 heteroatoms. The van der Waals surface area contributed by atoms with Crippen molar-refractivity contribution in [3.05, 3.63) is 48.3 Å². The summed E-state index contributed by atoms with van der Waals surface area (Å²) < 4.78 is 14.9. The highest BCUT2D eigenvalue weighted by molar-refractivity contribution is 6.36. The van der Waals surface area contributed by atoms with E-state index in [1.54, 1.807) is 24.8 Å². The SMILES string of the molecule is CCCCC([SiH2]Cn1cncn1)c1ccc(F)cc1. The smallest absolute Gasteiger partial charge is 0.137 e. The van der Waals surface area contributed by atoms with E-state index in [1.807, 2.05) is 16.8 Å². The van der Waals surface area contributed by atoms with Crippen molar-refractivity contribution < 1.29 is 4.39 Å². The predicted octanol–water partition coefficient (Wildman–Crippen LogP) is 2.48. The largest absolute Gasteiger partial charge is 0.257 e. The Hall–Kier alpha value is -1.49. The van der Waals surface area contributed by atoms with E-state index >= 15 is 0 Å². The van der Waals surface area contributed by atoms with Crippen molar-refractivity contribution in [2.24, 2.45) is 0 Å². The minimum atomic E-state index is -0.337. The second-order valence-corrected chi connectivity index (χ2v) is 6.85. The number of hydrogen-bond acceptors (Lipinski definition) is 2. The Morgan fingerprint density at radius 2 is 2.11 bits per heavy atom. The van der Waals surface area contributed by atoms with Gasteiger partial charge in [-0.2, -0.15) is 5.10 Å². The van der Waals surface area contributed by atoms with Gasteiger partial charge >= 0.3 is 0 Å². The fourth-order valence-corrected chi connectivity index (χ4v) is 4.29. The molecule has 1 aromatic heterocycles. The summed E-state index contributed by atoms with van der Waals surface area (Å²) in [4.78, 5) is 3.97. The lowest BCUT2D eigenvalue weighted by molar-refractivity contribution is 0.624. The van der Waals surface area contributed by atoms with Gasteiger partial charge in [-0.05, 0) is 29.7 Å². The predicted molar refractivity (Wildman–Crippen MR) is 77.2 cm³/mol. The Morgan fingerprint density at radius 3 is 2.74 bits per heavy atom. The Bertz CT molecular complexity index is 470. The summed E-state index contributed by atoms with van der Waals surface area (Å²) in [6, 6.07) is 7.00. The van der Waals surface area contributed by atoms with E-state index in [2.05, 4.69) is 17.0 Å². The third kappa shape index (κ3) is 4.27. The zero-order valence-corrected chi connectivity index (χ0v) is 12.7. The number of halogens is 1. The van der Waals surface area contributed by atoms with E-state index in [0.29, 0.717) is 5.54 Å². The minimum absolute atomic E-state index is 0.157. The Balaban J connectivity index is 2.00. The van der Waals surface area contributed by atoms with Crippen LogP contribution >= 0.6 is 0 Å². The van der Waals surface area contributed by atoms with Crippen LogP contribution in [-0.2, 0) is 6.17 Å². The lowest BCUT2D eigenvalue weighted by Crippen LogP contribution is -2.15. The summed E-state index contributed by atoms with van der Waals surface area (Å²) in [5, 5.41) is 4.16. The van der Waals surface area contributed by atoms with E-state index in [9.17, 15) is 4.39 Å². The highest BCUT2D eigenvalue weighted by atomic mass is 28.2. The monoisotopic (exact) mass is 277 g/mol. The summed E-state index contributed by atoms with van der Waals surface area (Å²) in [7, 11) is -0.337. The highest BCUT2D eigenvalue weighted by Crippen LogP contribution is 2.21. The Kier molecular flexibility index (Phi) is 5.27. The first-order valence-corrected chi connectivity index (χ1v) is 8.69. The third-order valence-electron chi connectivity index (χ3n) is 3.42. The van der Waals surface area contributed by atoms with Crippen molar-refractivity contribution in [2.45, 2.75) is 37.9 Å². The van der Waals surface area contributed by atoms with Gasteiger partial charge in [-0.1, -0.05) is 31.9 Å². The maximum absolute atomic E-state index is 13.0. The fraction of sp³-hybridized carbons (Fsp3) is 0.429. The van der Waals surface area contributed by atoms with Crippen LogP contribution in [0.3, 0.4) is 0 Å². The van der Waals surface area contributed by atoms with E-state index in [0.717, 1.165) is 6.17 Å². The molecule has 0 aliphatic carbocycles. The average molecular weight is 277 g/mol. The zero-order valence-electron chi connectivity index (χ0n) is 11.3. The number of nitrogens with zero attached hydrogens (tertiary/aromatic N) is 3. The van der Waals surface area contributed by atoms with Gasteiger partial charge < -0.3 is 0 Å². The molecule has 0 saturated heterocycles. The summed E-state index contributed by atoms with van der Waals surface area (Å²) in [6.07, 6.45) is 7.97. The van der Waals surface area contributed by atoms with E-state index in [4.69, 9.17) is 0 Å². The summed E-state index contributed by atoms with van der Waals surface area (Å²) in [6.45, 7) is 2.21. The second kappa shape index (κ2) is 7.18. The molecule has 1 aromatic carbocycles. The van der Waals surface area contributed by atoms with Crippen molar-refractivity contribution in [1.82, 2.24) is 14.8 Å². The first-order valence-electron chi connectivity index (χ1n) is 6.87. The maximum atomic E-state index is 13.0. The molecule has 1 atom stereocenters. The summed E-state index contributed by atoms with van der Waals surface area (Å²) in [5.74, 6) is -0.157. The molecule has 102 valence electrons. The van der Waals surface area contributed by atoms with Gasteiger partial charge in [-0.3, -0.25) is 4.68 Å². The van der Waals surface area contributed by atoms with Crippen molar-refractivity contribution in [2.75, 3.05) is 0 Å². The van der Waals surface area contributed by atoms with Crippen molar-refractivity contribution >= 4 is 9.52 Å². The first kappa shape index (κ1) is 13.9. The zero-order chi connectivity index (χ0) is 13.5. The summed E-state index contributed by atoms with van der Waals surface area (Å²) >= 11 is 0. The molecule has 19 heavy (non-hydrogen) atoms. The molecule has 0 fully saturated rings. The van der Waals surface area contributed by atoms with Crippen LogP contribution < -0.4 is 0 Å². The number of benzene rings is 1. The van der Waals surface area contributed by atoms with Gasteiger partial charge in [-0.15, -0.1) is 0 Å². The molecule has 1 heterocycles. The van der Waals surface area contributed by atoms with Gasteiger partial charge in [0, 0.05) is 6.17 Å². The topological polar surface area (TPSA) is 30.7 Å². The van der Waals surface area contributed by atoms with Crippen LogP contribution in [-0.4, -0.2) is 24.3 Å². The molecule has 1 unspecified atom stereocenters. The molecular formula is C14H20FN3Si. The first-order chi connectivity index (χ1) is 9.29. The minimum Gasteiger partial charge on any atom is -0.257 e. The van der Waals surface area contributed by atoms with Crippen LogP contribution in [0.15, 0.2) is 36.9 Å². The van der Waals surface area contributed by atoms with Crippen LogP contribution in [0.2, 0.25) is 0 Å². The van der Waals surface area contributed by atoms with Crippen molar-refractivity contribution in [1.29, 1.82) is 0 Å². The van der Waals surface area contributed by atoms with E-state index in [-0.39, 0.29) is 15.3 Å². The lowest BCUT2D eigenvalue weighted by atomic mass is 10.1. The van der Waals surface area contributed by atoms with Gasteiger partial charge in [0.15, 0.2) is 0 Å². The molecule has 0 spiro atoms. The quantitative estimate of drug-likeness (QED) is 0.728. The Morgan fingerprint density at radius 1 is 1.32 bits per heavy atom. The normalized spacial score (nSPS) is 13.2. The number of hydrogen-bond donors (Lipinski definition) is 0. The van der Waals surface area contributed by atoms with Crippen LogP contribution in [0.1, 0.15) is 37.3 Å². The van der Waals surface area contributed by atoms with Gasteiger partial charge in [0.2, 0.25) is 0 Å². The average Bonchev–Trinajstić information content (AvgIpc) is 2.93. The molecule has 0 radical (unpaired) electrons. The number of rotatable bonds is 7. The van der Waals surface area contributed by atoms with E-state index < -0.39 is 0 Å². The molecule has 0 amide bonds. The van der Waals surface area contributed by atoms with Gasteiger partial charge in [0.1, 0.15) is 18.5 Å². The Labute approximate surface area is 115 Å². The molecule has 0 aliphatic heterocycles. The van der Waals surface area contributed by atoms with E-state index in [1.165, 1.54) is 24.8 Å². The second-order valence-electron chi connectivity index (χ2n) is 4.84. The van der Waals surface area contributed by atoms with Crippen molar-refractivity contribution in [3.63, 3.8) is 0 Å². The highest BCUT2D eigenvalue weighted by Gasteiger charge is 2.12. The fourth-order valence-electron chi connectivity index (χ4n) is 2.30. The van der Waals surface area contributed by atoms with Crippen LogP contribution in [0.25, 0.3) is 0 Å².